The first-order chi connectivity index (χ1) is 44.5. The van der Waals surface area contributed by atoms with Gasteiger partial charge in [-0.05, 0) is 195 Å². The highest BCUT2D eigenvalue weighted by Crippen LogP contribution is 2.44. The van der Waals surface area contributed by atoms with Crippen LogP contribution in [0.3, 0.4) is 0 Å². The maximum absolute atomic E-state index is 10.1. The van der Waals surface area contributed by atoms with Gasteiger partial charge in [0.2, 0.25) is 0 Å². The molecular weight excluding hydrogens is 1130 g/mol. The summed E-state index contributed by atoms with van der Waals surface area (Å²) < 4.78 is 24.6. The first-order valence-corrected chi connectivity index (χ1v) is 42.1. The van der Waals surface area contributed by atoms with Gasteiger partial charge >= 0.3 is 0 Å². The fourth-order valence-corrected chi connectivity index (χ4v) is 19.2. The Bertz CT molecular complexity index is 1600. The molecular formula is C86H164O6. The first kappa shape index (κ1) is 82.4. The van der Waals surface area contributed by atoms with Crippen molar-refractivity contribution in [2.75, 3.05) is 52.9 Å². The molecule has 5 rings (SSSR count). The van der Waals surface area contributed by atoms with Crippen molar-refractivity contribution in [3.8, 4) is 0 Å². The lowest BCUT2D eigenvalue weighted by Gasteiger charge is -2.22. The third-order valence-corrected chi connectivity index (χ3v) is 27.0. The molecule has 8 bridgehead atoms. The number of aliphatic hydroxyl groups is 2. The highest BCUT2D eigenvalue weighted by atomic mass is 16.5. The van der Waals surface area contributed by atoms with E-state index >= 15 is 0 Å². The van der Waals surface area contributed by atoms with Gasteiger partial charge in [0, 0.05) is 26.4 Å². The van der Waals surface area contributed by atoms with Crippen LogP contribution in [0.1, 0.15) is 366 Å². The van der Waals surface area contributed by atoms with Crippen LogP contribution >= 0.6 is 0 Å². The second-order valence-electron chi connectivity index (χ2n) is 35.8. The third kappa shape index (κ3) is 36.2. The van der Waals surface area contributed by atoms with Crippen molar-refractivity contribution in [1.82, 2.24) is 0 Å². The molecule has 0 aromatic carbocycles. The van der Waals surface area contributed by atoms with E-state index in [1.165, 1.54) is 257 Å². The molecule has 2 N–H and O–H groups in total. The van der Waals surface area contributed by atoms with Gasteiger partial charge in [0.15, 0.2) is 0 Å². The molecule has 0 spiro atoms. The predicted molar refractivity (Wildman–Crippen MR) is 396 cm³/mol. The average Bonchev–Trinajstić information content (AvgIpc) is 2.84. The van der Waals surface area contributed by atoms with Crippen LogP contribution in [-0.2, 0) is 18.9 Å². The summed E-state index contributed by atoms with van der Waals surface area (Å²) in [4.78, 5) is 0. The van der Waals surface area contributed by atoms with Gasteiger partial charge in [-0.25, -0.2) is 0 Å². The number of hydrogen-bond donors (Lipinski definition) is 2. The van der Waals surface area contributed by atoms with E-state index in [9.17, 15) is 10.2 Å². The van der Waals surface area contributed by atoms with E-state index in [0.717, 1.165) is 147 Å². The lowest BCUT2D eigenvalue weighted by atomic mass is 9.84. The van der Waals surface area contributed by atoms with Gasteiger partial charge < -0.3 is 29.2 Å². The van der Waals surface area contributed by atoms with Crippen molar-refractivity contribution in [2.24, 2.45) is 118 Å². The van der Waals surface area contributed by atoms with Crippen molar-refractivity contribution in [3.05, 3.63) is 0 Å². The van der Waals surface area contributed by atoms with Crippen LogP contribution in [0.4, 0.5) is 0 Å². The maximum Gasteiger partial charge on any atom is 0.104 e. The Labute approximate surface area is 575 Å². The monoisotopic (exact) mass is 1290 g/mol. The Morgan fingerprint density at radius 2 is 0.446 bits per heavy atom. The highest BCUT2D eigenvalue weighted by molar-refractivity contribution is 4.84. The molecule has 544 valence electrons. The van der Waals surface area contributed by atoms with Crippen LogP contribution in [0.2, 0.25) is 0 Å². The lowest BCUT2D eigenvalue weighted by Crippen LogP contribution is -2.25. The fourth-order valence-electron chi connectivity index (χ4n) is 19.2. The zero-order valence-corrected chi connectivity index (χ0v) is 64.0. The summed E-state index contributed by atoms with van der Waals surface area (Å²) in [7, 11) is 0. The minimum Gasteiger partial charge on any atom is -0.394 e. The summed E-state index contributed by atoms with van der Waals surface area (Å²) in [6.07, 6.45) is 60.8. The van der Waals surface area contributed by atoms with Gasteiger partial charge in [0.05, 0.1) is 26.4 Å². The lowest BCUT2D eigenvalue weighted by molar-refractivity contribution is -0.0471. The summed E-state index contributed by atoms with van der Waals surface area (Å²) in [5.41, 5.74) is 0. The van der Waals surface area contributed by atoms with E-state index in [0.29, 0.717) is 36.9 Å². The first-order valence-electron chi connectivity index (χ1n) is 42.1. The van der Waals surface area contributed by atoms with Gasteiger partial charge in [-0.15, -0.1) is 0 Å². The quantitative estimate of drug-likeness (QED) is 0.287. The standard InChI is InChI=1S/C86H164O6/c1-65-21-13-29-73(9)81-45-41-77(57-81)33-17-25-69(5)49-53-89-63-85(61-87)92-56-52-72(8)28-20-36-80-44-48-84(60-80)76(12)32-16-24-68(4)40-38-66(2)22-14-30-74(10)82-46-42-78(58-82)34-18-26-70(6)50-54-90-64-86(62-88)91-55-51-71(7)27-19-35-79-43-47-83(59-79)75(11)31-15-23-67(3)39-37-65/h65-88H,13-64H2,1-12H3. The van der Waals surface area contributed by atoms with Gasteiger partial charge in [0.25, 0.3) is 0 Å². The minimum absolute atomic E-state index is 0.0515. The summed E-state index contributed by atoms with van der Waals surface area (Å²) in [5, 5.41) is 20.2. The van der Waals surface area contributed by atoms with Crippen LogP contribution in [0.5, 0.6) is 0 Å². The summed E-state index contributed by atoms with van der Waals surface area (Å²) in [5.74, 6) is 17.4. The summed E-state index contributed by atoms with van der Waals surface area (Å²) >= 11 is 0. The smallest absolute Gasteiger partial charge is 0.104 e. The van der Waals surface area contributed by atoms with Crippen molar-refractivity contribution < 1.29 is 29.2 Å². The average molecular weight is 1290 g/mol. The van der Waals surface area contributed by atoms with Crippen LogP contribution in [0.25, 0.3) is 0 Å². The van der Waals surface area contributed by atoms with Gasteiger partial charge in [-0.1, -0.05) is 289 Å². The summed E-state index contributed by atoms with van der Waals surface area (Å²) in [6, 6.07) is 0. The largest absolute Gasteiger partial charge is 0.394 e. The zero-order chi connectivity index (χ0) is 66.3. The van der Waals surface area contributed by atoms with Gasteiger partial charge in [-0.3, -0.25) is 0 Å². The molecule has 0 amide bonds. The Balaban J connectivity index is 0.961. The van der Waals surface area contributed by atoms with Gasteiger partial charge in [0.1, 0.15) is 12.2 Å². The Morgan fingerprint density at radius 3 is 0.685 bits per heavy atom. The molecule has 0 radical (unpaired) electrons. The van der Waals surface area contributed by atoms with E-state index in [1.54, 1.807) is 0 Å². The molecule has 0 aromatic heterocycles. The topological polar surface area (TPSA) is 77.4 Å². The number of rotatable bonds is 2. The van der Waals surface area contributed by atoms with E-state index in [1.807, 2.05) is 0 Å². The van der Waals surface area contributed by atoms with Gasteiger partial charge in [-0.2, -0.15) is 0 Å². The third-order valence-electron chi connectivity index (χ3n) is 27.0. The Morgan fingerprint density at radius 1 is 0.228 bits per heavy atom. The van der Waals surface area contributed by atoms with Crippen LogP contribution in [-0.4, -0.2) is 75.3 Å². The SMILES string of the molecule is CC1CCCC2CCC(C2)C(C)CCCC(C)CCC(C)CCCC(C)C2CCC(CCCC(C)CCOC(CO)COCCC(C)CCCC3CCC(C3)C(C)CCCC(C)CCC(C)CCCC(C)C3CCC(CCCC(C)CCOC(CO)COCC1)C3)C2. The second kappa shape index (κ2) is 49.3. The molecule has 22 unspecified atom stereocenters. The van der Waals surface area contributed by atoms with Crippen LogP contribution in [0.15, 0.2) is 0 Å². The second-order valence-corrected chi connectivity index (χ2v) is 35.8. The number of ether oxygens (including phenoxy) is 4. The van der Waals surface area contributed by atoms with E-state index in [-0.39, 0.29) is 25.4 Å². The van der Waals surface area contributed by atoms with Crippen molar-refractivity contribution >= 4 is 0 Å². The van der Waals surface area contributed by atoms with Crippen molar-refractivity contribution in [2.45, 2.75) is 378 Å². The Hall–Kier alpha value is -0.240. The number of fused-ring (bicyclic) bond motifs is 8. The van der Waals surface area contributed by atoms with Crippen molar-refractivity contribution in [1.29, 1.82) is 0 Å². The molecule has 0 aromatic rings. The van der Waals surface area contributed by atoms with Crippen molar-refractivity contribution in [3.63, 3.8) is 0 Å². The molecule has 6 heteroatoms. The molecule has 1 heterocycles. The van der Waals surface area contributed by atoms with E-state index < -0.39 is 0 Å². The van der Waals surface area contributed by atoms with E-state index in [4.69, 9.17) is 18.9 Å². The van der Waals surface area contributed by atoms with Crippen LogP contribution in [0, 0.1) is 118 Å². The normalized spacial score (nSPS) is 40.6. The Kier molecular flexibility index (Phi) is 44.2. The molecule has 1 aliphatic heterocycles. The number of aliphatic hydroxyl groups excluding tert-OH is 2. The molecule has 5 fully saturated rings. The number of hydrogen-bond acceptors (Lipinski definition) is 6. The summed E-state index contributed by atoms with van der Waals surface area (Å²) in [6.45, 7) is 34.3. The molecule has 92 heavy (non-hydrogen) atoms. The molecule has 4 saturated carbocycles. The van der Waals surface area contributed by atoms with Crippen LogP contribution < -0.4 is 0 Å². The molecule has 22 atom stereocenters. The molecule has 1 saturated heterocycles. The molecule has 6 nitrogen and oxygen atoms in total. The zero-order valence-electron chi connectivity index (χ0n) is 64.0. The maximum atomic E-state index is 10.1. The predicted octanol–water partition coefficient (Wildman–Crippen LogP) is 24.6. The van der Waals surface area contributed by atoms with E-state index in [2.05, 4.69) is 83.1 Å². The fraction of sp³-hybridized carbons (Fsp3) is 1.00. The minimum atomic E-state index is -0.195. The highest BCUT2D eigenvalue weighted by Gasteiger charge is 2.32. The molecule has 5 aliphatic rings. The molecule has 4 aliphatic carbocycles.